The number of rotatable bonds is 6. The quantitative estimate of drug-likeness (QED) is 0.826. The highest BCUT2D eigenvalue weighted by molar-refractivity contribution is 5.95. The molecule has 1 N–H and O–H groups in total. The lowest BCUT2D eigenvalue weighted by Gasteiger charge is -2.13. The molecule has 0 atom stereocenters. The van der Waals surface area contributed by atoms with E-state index < -0.39 is 0 Å². The van der Waals surface area contributed by atoms with Crippen molar-refractivity contribution in [2.24, 2.45) is 0 Å². The summed E-state index contributed by atoms with van der Waals surface area (Å²) >= 11 is 0. The zero-order valence-corrected chi connectivity index (χ0v) is 14.5. The van der Waals surface area contributed by atoms with E-state index in [-0.39, 0.29) is 5.91 Å². The van der Waals surface area contributed by atoms with Crippen molar-refractivity contribution < 1.29 is 9.53 Å². The molecule has 0 bridgehead atoms. The van der Waals surface area contributed by atoms with Crippen LogP contribution in [0.15, 0.2) is 30.0 Å². The number of hydrogen-bond donors (Lipinski definition) is 1. The molecule has 5 heteroatoms. The number of pyridine rings is 1. The number of aromatic nitrogens is 2. The maximum Gasteiger partial charge on any atom is 0.270 e. The van der Waals surface area contributed by atoms with Crippen LogP contribution in [-0.4, -0.2) is 28.9 Å². The fraction of sp³-hybridized carbons (Fsp3) is 0.474. The molecule has 5 nitrogen and oxygen atoms in total. The number of carbonyl (C=O) groups excluding carboxylic acids is 1. The summed E-state index contributed by atoms with van der Waals surface area (Å²) in [5.74, 6) is 0.614. The average Bonchev–Trinajstić information content (AvgIpc) is 3.01. The molecule has 0 aromatic carbocycles. The van der Waals surface area contributed by atoms with Crippen molar-refractivity contribution in [1.29, 1.82) is 0 Å². The number of ether oxygens (including phenoxy) is 1. The van der Waals surface area contributed by atoms with Gasteiger partial charge in [-0.3, -0.25) is 9.20 Å². The summed E-state index contributed by atoms with van der Waals surface area (Å²) in [6, 6.07) is 3.73. The summed E-state index contributed by atoms with van der Waals surface area (Å²) in [6.07, 6.45) is 10.7. The molecule has 0 radical (unpaired) electrons. The number of fused-ring (bicyclic) bond motifs is 1. The van der Waals surface area contributed by atoms with E-state index in [0.717, 1.165) is 12.1 Å². The molecule has 0 unspecified atom stereocenters. The monoisotopic (exact) mass is 327 g/mol. The Morgan fingerprint density at radius 2 is 2.29 bits per heavy atom. The number of aryl methyl sites for hydroxylation is 1. The van der Waals surface area contributed by atoms with Crippen molar-refractivity contribution in [2.75, 3.05) is 13.7 Å². The van der Waals surface area contributed by atoms with Gasteiger partial charge in [-0.1, -0.05) is 18.6 Å². The van der Waals surface area contributed by atoms with Gasteiger partial charge in [0.25, 0.3) is 5.91 Å². The number of allylic oxidation sites excluding steroid dienone is 1. The fourth-order valence-corrected chi connectivity index (χ4v) is 3.29. The molecule has 2 aromatic rings. The van der Waals surface area contributed by atoms with E-state index in [0.29, 0.717) is 30.1 Å². The Morgan fingerprint density at radius 3 is 3.00 bits per heavy atom. The van der Waals surface area contributed by atoms with Crippen LogP contribution < -0.4 is 10.1 Å². The molecule has 0 saturated heterocycles. The Hall–Kier alpha value is -2.30. The van der Waals surface area contributed by atoms with Gasteiger partial charge in [0.2, 0.25) is 0 Å². The summed E-state index contributed by atoms with van der Waals surface area (Å²) in [6.45, 7) is 2.68. The van der Waals surface area contributed by atoms with E-state index in [1.807, 2.05) is 29.7 Å². The second-order valence-corrected chi connectivity index (χ2v) is 6.14. The van der Waals surface area contributed by atoms with Crippen molar-refractivity contribution >= 4 is 11.6 Å². The van der Waals surface area contributed by atoms with E-state index in [2.05, 4.69) is 16.4 Å². The minimum absolute atomic E-state index is 0.0657. The molecule has 3 rings (SSSR count). The first kappa shape index (κ1) is 16.6. The van der Waals surface area contributed by atoms with Crippen LogP contribution in [0.3, 0.4) is 0 Å². The smallest absolute Gasteiger partial charge is 0.270 e. The highest BCUT2D eigenvalue weighted by Crippen LogP contribution is 2.23. The average molecular weight is 327 g/mol. The molecular weight excluding hydrogens is 302 g/mol. The number of nitrogens with zero attached hydrogens (tertiary/aromatic N) is 2. The van der Waals surface area contributed by atoms with Crippen LogP contribution in [0.25, 0.3) is 5.65 Å². The number of methoxy groups -OCH3 is 1. The lowest BCUT2D eigenvalue weighted by atomic mass is 9.97. The maximum absolute atomic E-state index is 12.7. The second kappa shape index (κ2) is 7.51. The number of amides is 1. The van der Waals surface area contributed by atoms with Crippen molar-refractivity contribution in [3.05, 3.63) is 41.4 Å². The van der Waals surface area contributed by atoms with Gasteiger partial charge in [0, 0.05) is 12.7 Å². The summed E-state index contributed by atoms with van der Waals surface area (Å²) < 4.78 is 7.18. The Kier molecular flexibility index (Phi) is 5.18. The number of nitrogens with one attached hydrogen (secondary N) is 1. The molecule has 0 fully saturated rings. The summed E-state index contributed by atoms with van der Waals surface area (Å²) in [7, 11) is 1.62. The largest absolute Gasteiger partial charge is 0.493 e. The Morgan fingerprint density at radius 1 is 1.42 bits per heavy atom. The van der Waals surface area contributed by atoms with Crippen LogP contribution in [0.4, 0.5) is 0 Å². The molecule has 0 spiro atoms. The topological polar surface area (TPSA) is 55.6 Å². The van der Waals surface area contributed by atoms with Crippen LogP contribution in [-0.2, 0) is 6.42 Å². The van der Waals surface area contributed by atoms with E-state index in [1.165, 1.54) is 31.3 Å². The lowest BCUT2D eigenvalue weighted by Crippen LogP contribution is -2.27. The van der Waals surface area contributed by atoms with Gasteiger partial charge in [0.1, 0.15) is 5.69 Å². The van der Waals surface area contributed by atoms with E-state index in [4.69, 9.17) is 4.74 Å². The first-order chi connectivity index (χ1) is 11.7. The predicted octanol–water partition coefficient (Wildman–Crippen LogP) is 3.53. The van der Waals surface area contributed by atoms with Gasteiger partial charge in [-0.25, -0.2) is 4.98 Å². The predicted molar refractivity (Wildman–Crippen MR) is 94.6 cm³/mol. The minimum Gasteiger partial charge on any atom is -0.493 e. The van der Waals surface area contributed by atoms with Crippen molar-refractivity contribution in [3.8, 4) is 5.75 Å². The molecule has 1 aliphatic rings. The van der Waals surface area contributed by atoms with Gasteiger partial charge >= 0.3 is 0 Å². The molecule has 128 valence electrons. The third kappa shape index (κ3) is 3.30. The van der Waals surface area contributed by atoms with Crippen LogP contribution in [0.5, 0.6) is 5.75 Å². The zero-order valence-electron chi connectivity index (χ0n) is 14.5. The first-order valence-corrected chi connectivity index (χ1v) is 8.74. The molecule has 0 aliphatic heterocycles. The normalized spacial score (nSPS) is 14.5. The fourth-order valence-electron chi connectivity index (χ4n) is 3.29. The van der Waals surface area contributed by atoms with Gasteiger partial charge in [0.15, 0.2) is 11.4 Å². The second-order valence-electron chi connectivity index (χ2n) is 6.14. The van der Waals surface area contributed by atoms with Crippen molar-refractivity contribution in [2.45, 2.75) is 45.4 Å². The van der Waals surface area contributed by atoms with E-state index in [1.54, 1.807) is 7.11 Å². The Bertz CT molecular complexity index is 761. The minimum atomic E-state index is -0.0657. The van der Waals surface area contributed by atoms with Crippen molar-refractivity contribution in [3.63, 3.8) is 0 Å². The SMILES string of the molecule is CCc1nc2c(OC)cccn2c1C(=O)NCCC1=CCCCC1. The number of imidazole rings is 1. The van der Waals surface area contributed by atoms with E-state index >= 15 is 0 Å². The molecule has 1 amide bonds. The summed E-state index contributed by atoms with van der Waals surface area (Å²) in [4.78, 5) is 17.3. The highest BCUT2D eigenvalue weighted by atomic mass is 16.5. The van der Waals surface area contributed by atoms with Gasteiger partial charge in [-0.15, -0.1) is 0 Å². The van der Waals surface area contributed by atoms with Crippen LogP contribution in [0, 0.1) is 0 Å². The molecule has 1 aliphatic carbocycles. The maximum atomic E-state index is 12.7. The van der Waals surface area contributed by atoms with Crippen LogP contribution in [0.2, 0.25) is 0 Å². The summed E-state index contributed by atoms with van der Waals surface area (Å²) in [5, 5.41) is 3.06. The zero-order chi connectivity index (χ0) is 16.9. The highest BCUT2D eigenvalue weighted by Gasteiger charge is 2.19. The number of carbonyl (C=O) groups is 1. The van der Waals surface area contributed by atoms with Gasteiger partial charge < -0.3 is 10.1 Å². The summed E-state index contributed by atoms with van der Waals surface area (Å²) in [5.41, 5.74) is 3.58. The molecule has 2 aromatic heterocycles. The third-order valence-corrected chi connectivity index (χ3v) is 4.57. The van der Waals surface area contributed by atoms with Crippen molar-refractivity contribution in [1.82, 2.24) is 14.7 Å². The van der Waals surface area contributed by atoms with Gasteiger partial charge in [-0.2, -0.15) is 0 Å². The lowest BCUT2D eigenvalue weighted by molar-refractivity contribution is 0.0947. The Labute approximate surface area is 142 Å². The van der Waals surface area contributed by atoms with E-state index in [9.17, 15) is 4.79 Å². The third-order valence-electron chi connectivity index (χ3n) is 4.57. The Balaban J connectivity index is 1.77. The van der Waals surface area contributed by atoms with Gasteiger partial charge in [0.05, 0.1) is 12.8 Å². The van der Waals surface area contributed by atoms with Crippen LogP contribution in [0.1, 0.15) is 55.2 Å². The van der Waals surface area contributed by atoms with Crippen LogP contribution >= 0.6 is 0 Å². The molecular formula is C19H25N3O2. The molecule has 2 heterocycles. The first-order valence-electron chi connectivity index (χ1n) is 8.74. The molecule has 0 saturated carbocycles. The molecule has 24 heavy (non-hydrogen) atoms. The van der Waals surface area contributed by atoms with Gasteiger partial charge in [-0.05, 0) is 50.7 Å². The number of hydrogen-bond acceptors (Lipinski definition) is 3. The standard InChI is InChI=1S/C19H25N3O2/c1-3-15-17(22-13-7-10-16(24-2)18(22)21-15)19(23)20-12-11-14-8-5-4-6-9-14/h7-8,10,13H,3-6,9,11-12H2,1-2H3,(H,20,23).